The molecule has 2 aromatic rings. The highest BCUT2D eigenvalue weighted by Crippen LogP contribution is 2.20. The lowest BCUT2D eigenvalue weighted by atomic mass is 9.96. The monoisotopic (exact) mass is 356 g/mol. The molecule has 5 nitrogen and oxygen atoms in total. The molecule has 0 radical (unpaired) electrons. The Balaban J connectivity index is 1.43. The van der Waals surface area contributed by atoms with Crippen LogP contribution in [-0.4, -0.2) is 35.1 Å². The number of rotatable bonds is 5. The molecule has 1 aromatic carbocycles. The Morgan fingerprint density at radius 2 is 2.00 bits per heavy atom. The van der Waals surface area contributed by atoms with Crippen molar-refractivity contribution in [3.63, 3.8) is 0 Å². The van der Waals surface area contributed by atoms with Gasteiger partial charge in [-0.1, -0.05) is 29.8 Å². The number of carbonyl (C=O) groups excluding carboxylic acids is 1. The minimum absolute atomic E-state index is 0.0154. The molecule has 0 saturated carbocycles. The number of carbonyl (C=O) groups is 1. The average molecular weight is 357 g/mol. The summed E-state index contributed by atoms with van der Waals surface area (Å²) in [6.45, 7) is 2.71. The average Bonchev–Trinajstić information content (AvgIpc) is 2.65. The summed E-state index contributed by atoms with van der Waals surface area (Å²) in [5.41, 5.74) is 4.59. The van der Waals surface area contributed by atoms with Crippen molar-refractivity contribution in [1.82, 2.24) is 15.3 Å². The first-order chi connectivity index (χ1) is 12.2. The summed E-state index contributed by atoms with van der Waals surface area (Å²) < 4.78 is 0. The number of nitrogens with zero attached hydrogens (tertiary/aromatic N) is 3. The second kappa shape index (κ2) is 8.74. The molecule has 2 heterocycles. The Morgan fingerprint density at radius 1 is 1.24 bits per heavy atom. The lowest BCUT2D eigenvalue weighted by Gasteiger charge is -2.30. The van der Waals surface area contributed by atoms with Crippen LogP contribution in [0.5, 0.6) is 0 Å². The van der Waals surface area contributed by atoms with Crippen LogP contribution in [0.15, 0.2) is 53.8 Å². The molecule has 6 heteroatoms. The normalized spacial score (nSPS) is 16.2. The molecule has 1 saturated heterocycles. The van der Waals surface area contributed by atoms with Crippen molar-refractivity contribution < 1.29 is 4.79 Å². The molecule has 0 spiro atoms. The van der Waals surface area contributed by atoms with E-state index in [1.54, 1.807) is 12.4 Å². The molecule has 1 fully saturated rings. The van der Waals surface area contributed by atoms with E-state index in [1.165, 1.54) is 5.56 Å². The summed E-state index contributed by atoms with van der Waals surface area (Å²) in [6.07, 6.45) is 4.95. The zero-order valence-corrected chi connectivity index (χ0v) is 14.7. The summed E-state index contributed by atoms with van der Waals surface area (Å²) in [5.74, 6) is 0.000624. The van der Waals surface area contributed by atoms with Crippen LogP contribution >= 0.6 is 11.6 Å². The highest BCUT2D eigenvalue weighted by atomic mass is 35.5. The molecule has 25 heavy (non-hydrogen) atoms. The number of benzene rings is 1. The molecular formula is C19H21ClN4O. The molecule has 0 bridgehead atoms. The second-order valence-electron chi connectivity index (χ2n) is 6.17. The van der Waals surface area contributed by atoms with Gasteiger partial charge in [0.2, 0.25) is 5.91 Å². The SMILES string of the molecule is O=C(N/N=C\c1ccccn1)C1CCN(Cc2ccc(Cl)cc2)CC1. The molecular weight excluding hydrogens is 336 g/mol. The number of nitrogens with one attached hydrogen (secondary N) is 1. The van der Waals surface area contributed by atoms with Crippen molar-refractivity contribution in [2.75, 3.05) is 13.1 Å². The van der Waals surface area contributed by atoms with Crippen LogP contribution in [-0.2, 0) is 11.3 Å². The minimum atomic E-state index is -0.0154. The van der Waals surface area contributed by atoms with Crippen LogP contribution in [0, 0.1) is 5.92 Å². The molecule has 1 aliphatic rings. The number of likely N-dealkylation sites (tertiary alicyclic amines) is 1. The number of pyridine rings is 1. The van der Waals surface area contributed by atoms with Crippen LogP contribution in [0.2, 0.25) is 5.02 Å². The van der Waals surface area contributed by atoms with Gasteiger partial charge in [-0.15, -0.1) is 0 Å². The number of hydrazone groups is 1. The highest BCUT2D eigenvalue weighted by Gasteiger charge is 2.24. The third kappa shape index (κ3) is 5.37. The van der Waals surface area contributed by atoms with Gasteiger partial charge < -0.3 is 0 Å². The molecule has 1 aliphatic heterocycles. The highest BCUT2D eigenvalue weighted by molar-refractivity contribution is 6.30. The second-order valence-corrected chi connectivity index (χ2v) is 6.60. The van der Waals surface area contributed by atoms with Crippen molar-refractivity contribution in [1.29, 1.82) is 0 Å². The molecule has 1 N–H and O–H groups in total. The standard InChI is InChI=1S/C19H21ClN4O/c20-17-6-4-15(5-7-17)14-24-11-8-16(9-12-24)19(25)23-22-13-18-3-1-2-10-21-18/h1-7,10,13,16H,8-9,11-12,14H2,(H,23,25)/b22-13-. The van der Waals surface area contributed by atoms with E-state index >= 15 is 0 Å². The number of hydrogen-bond acceptors (Lipinski definition) is 4. The van der Waals surface area contributed by atoms with E-state index in [1.807, 2.05) is 42.5 Å². The Morgan fingerprint density at radius 3 is 2.68 bits per heavy atom. The first-order valence-electron chi connectivity index (χ1n) is 8.41. The van der Waals surface area contributed by atoms with Crippen molar-refractivity contribution in [3.05, 3.63) is 64.9 Å². The molecule has 3 rings (SSSR count). The van der Waals surface area contributed by atoms with Crippen LogP contribution in [0.4, 0.5) is 0 Å². The maximum absolute atomic E-state index is 12.2. The van der Waals surface area contributed by atoms with Gasteiger partial charge >= 0.3 is 0 Å². The minimum Gasteiger partial charge on any atom is -0.299 e. The zero-order valence-electron chi connectivity index (χ0n) is 13.9. The van der Waals surface area contributed by atoms with E-state index in [9.17, 15) is 4.79 Å². The molecule has 1 amide bonds. The van der Waals surface area contributed by atoms with Crippen molar-refractivity contribution in [3.8, 4) is 0 Å². The van der Waals surface area contributed by atoms with E-state index in [2.05, 4.69) is 20.4 Å². The van der Waals surface area contributed by atoms with Crippen molar-refractivity contribution in [2.45, 2.75) is 19.4 Å². The van der Waals surface area contributed by atoms with Gasteiger partial charge in [0, 0.05) is 23.7 Å². The number of hydrogen-bond donors (Lipinski definition) is 1. The van der Waals surface area contributed by atoms with Gasteiger partial charge in [0.1, 0.15) is 0 Å². The van der Waals surface area contributed by atoms with Crippen molar-refractivity contribution in [2.24, 2.45) is 11.0 Å². The van der Waals surface area contributed by atoms with E-state index in [4.69, 9.17) is 11.6 Å². The molecule has 130 valence electrons. The van der Waals surface area contributed by atoms with E-state index in [-0.39, 0.29) is 11.8 Å². The summed E-state index contributed by atoms with van der Waals surface area (Å²) in [7, 11) is 0. The molecule has 0 unspecified atom stereocenters. The fourth-order valence-corrected chi connectivity index (χ4v) is 3.03. The number of aromatic nitrogens is 1. The smallest absolute Gasteiger partial charge is 0.243 e. The van der Waals surface area contributed by atoms with E-state index in [0.29, 0.717) is 0 Å². The van der Waals surface area contributed by atoms with Crippen molar-refractivity contribution >= 4 is 23.7 Å². The Labute approximate surface area is 152 Å². The Bertz CT molecular complexity index is 710. The third-order valence-corrected chi connectivity index (χ3v) is 4.59. The maximum atomic E-state index is 12.2. The lowest BCUT2D eigenvalue weighted by Crippen LogP contribution is -2.39. The zero-order chi connectivity index (χ0) is 17.5. The summed E-state index contributed by atoms with van der Waals surface area (Å²) in [4.78, 5) is 18.7. The first-order valence-corrected chi connectivity index (χ1v) is 8.79. The molecule has 0 atom stereocenters. The predicted octanol–water partition coefficient (Wildman–Crippen LogP) is 3.10. The van der Waals surface area contributed by atoms with Crippen LogP contribution in [0.25, 0.3) is 0 Å². The predicted molar refractivity (Wildman–Crippen MR) is 99.4 cm³/mol. The first kappa shape index (κ1) is 17.6. The quantitative estimate of drug-likeness (QED) is 0.661. The number of piperidine rings is 1. The van der Waals surface area contributed by atoms with Gasteiger partial charge in [0.05, 0.1) is 11.9 Å². The molecule has 0 aliphatic carbocycles. The lowest BCUT2D eigenvalue weighted by molar-refractivity contribution is -0.126. The largest absolute Gasteiger partial charge is 0.299 e. The Kier molecular flexibility index (Phi) is 6.14. The number of amides is 1. The summed E-state index contributed by atoms with van der Waals surface area (Å²) in [6, 6.07) is 13.5. The fourth-order valence-electron chi connectivity index (χ4n) is 2.91. The van der Waals surface area contributed by atoms with Crippen LogP contribution < -0.4 is 5.43 Å². The maximum Gasteiger partial charge on any atom is 0.243 e. The fraction of sp³-hybridized carbons (Fsp3) is 0.316. The van der Waals surface area contributed by atoms with E-state index < -0.39 is 0 Å². The van der Waals surface area contributed by atoms with Gasteiger partial charge in [-0.25, -0.2) is 5.43 Å². The van der Waals surface area contributed by atoms with Gasteiger partial charge in [-0.2, -0.15) is 5.10 Å². The van der Waals surface area contributed by atoms with Crippen LogP contribution in [0.1, 0.15) is 24.1 Å². The van der Waals surface area contributed by atoms with E-state index in [0.717, 1.165) is 43.2 Å². The summed E-state index contributed by atoms with van der Waals surface area (Å²) >= 11 is 5.92. The van der Waals surface area contributed by atoms with Gasteiger partial charge in [0.25, 0.3) is 0 Å². The van der Waals surface area contributed by atoms with Gasteiger partial charge in [-0.05, 0) is 55.8 Å². The van der Waals surface area contributed by atoms with Gasteiger partial charge in [0.15, 0.2) is 0 Å². The molecule has 1 aromatic heterocycles. The topological polar surface area (TPSA) is 57.6 Å². The third-order valence-electron chi connectivity index (χ3n) is 4.34. The Hall–Kier alpha value is -2.24. The number of halogens is 1. The summed E-state index contributed by atoms with van der Waals surface area (Å²) in [5, 5.41) is 4.75. The van der Waals surface area contributed by atoms with Crippen LogP contribution in [0.3, 0.4) is 0 Å². The van der Waals surface area contributed by atoms with Gasteiger partial charge in [-0.3, -0.25) is 14.7 Å².